The molecular weight excluding hydrogens is 376 g/mol. The summed E-state index contributed by atoms with van der Waals surface area (Å²) in [6.07, 6.45) is 0. The van der Waals surface area contributed by atoms with E-state index in [1.165, 1.54) is 0 Å². The van der Waals surface area contributed by atoms with Crippen LogP contribution in [0, 0.1) is 0 Å². The number of para-hydroxylation sites is 1. The largest absolute Gasteiger partial charge is 0.365 e. The summed E-state index contributed by atoms with van der Waals surface area (Å²) >= 11 is 3.55. The molecule has 3 rings (SSSR count). The van der Waals surface area contributed by atoms with Crippen LogP contribution in [0.1, 0.15) is 20.8 Å². The lowest BCUT2D eigenvalue weighted by atomic mass is 10.1. The SMILES string of the molecule is CC(C)(C)Nc1cc(-c2ccccc2)nc(Nc2ccccc2Br)n1. The average molecular weight is 397 g/mol. The molecule has 1 aromatic heterocycles. The monoisotopic (exact) mass is 396 g/mol. The maximum absolute atomic E-state index is 4.69. The van der Waals surface area contributed by atoms with Gasteiger partial charge in [-0.25, -0.2) is 4.98 Å². The van der Waals surface area contributed by atoms with Gasteiger partial charge in [0.25, 0.3) is 0 Å². The second-order valence-corrected chi connectivity index (χ2v) is 7.66. The summed E-state index contributed by atoms with van der Waals surface area (Å²) in [5.41, 5.74) is 2.76. The molecule has 3 aromatic rings. The zero-order valence-electron chi connectivity index (χ0n) is 14.5. The summed E-state index contributed by atoms with van der Waals surface area (Å²) in [7, 11) is 0. The molecule has 0 atom stereocenters. The summed E-state index contributed by atoms with van der Waals surface area (Å²) in [5, 5.41) is 6.73. The van der Waals surface area contributed by atoms with Crippen molar-refractivity contribution in [2.45, 2.75) is 26.3 Å². The highest BCUT2D eigenvalue weighted by atomic mass is 79.9. The van der Waals surface area contributed by atoms with Crippen molar-refractivity contribution in [3.63, 3.8) is 0 Å². The molecule has 25 heavy (non-hydrogen) atoms. The first-order valence-corrected chi connectivity index (χ1v) is 8.94. The lowest BCUT2D eigenvalue weighted by Gasteiger charge is -2.22. The fraction of sp³-hybridized carbons (Fsp3) is 0.200. The van der Waals surface area contributed by atoms with Gasteiger partial charge in [0.1, 0.15) is 5.82 Å². The predicted molar refractivity (Wildman–Crippen MR) is 108 cm³/mol. The molecule has 4 nitrogen and oxygen atoms in total. The van der Waals surface area contributed by atoms with Gasteiger partial charge in [-0.1, -0.05) is 42.5 Å². The zero-order chi connectivity index (χ0) is 17.9. The summed E-state index contributed by atoms with van der Waals surface area (Å²) in [4.78, 5) is 9.31. The second kappa shape index (κ2) is 7.23. The Kier molecular flexibility index (Phi) is 5.04. The van der Waals surface area contributed by atoms with Crippen LogP contribution in [0.15, 0.2) is 65.1 Å². The Morgan fingerprint density at radius 3 is 2.24 bits per heavy atom. The molecule has 128 valence electrons. The lowest BCUT2D eigenvalue weighted by molar-refractivity contribution is 0.630. The molecule has 0 bridgehead atoms. The molecule has 2 N–H and O–H groups in total. The average Bonchev–Trinajstić information content (AvgIpc) is 2.56. The van der Waals surface area contributed by atoms with Crippen LogP contribution >= 0.6 is 15.9 Å². The minimum Gasteiger partial charge on any atom is -0.365 e. The van der Waals surface area contributed by atoms with Gasteiger partial charge >= 0.3 is 0 Å². The minimum atomic E-state index is -0.0904. The minimum absolute atomic E-state index is 0.0904. The molecule has 0 amide bonds. The van der Waals surface area contributed by atoms with E-state index in [0.717, 1.165) is 27.2 Å². The molecule has 0 spiro atoms. The van der Waals surface area contributed by atoms with Gasteiger partial charge in [0.15, 0.2) is 0 Å². The quantitative estimate of drug-likeness (QED) is 0.579. The Labute approximate surface area is 156 Å². The van der Waals surface area contributed by atoms with Crippen molar-refractivity contribution in [2.24, 2.45) is 0 Å². The standard InChI is InChI=1S/C20H21BrN4/c1-20(2,3)25-18-13-17(14-9-5-4-6-10-14)23-19(24-18)22-16-12-8-7-11-15(16)21/h4-13H,1-3H3,(H2,22,23,24,25). The molecule has 2 aromatic carbocycles. The number of hydrogen-bond donors (Lipinski definition) is 2. The van der Waals surface area contributed by atoms with E-state index < -0.39 is 0 Å². The first-order chi connectivity index (χ1) is 11.9. The third-order valence-corrected chi connectivity index (χ3v) is 4.11. The van der Waals surface area contributed by atoms with Crippen molar-refractivity contribution in [1.82, 2.24) is 9.97 Å². The number of anilines is 3. The second-order valence-electron chi connectivity index (χ2n) is 6.81. The van der Waals surface area contributed by atoms with Gasteiger partial charge in [-0.3, -0.25) is 0 Å². The summed E-state index contributed by atoms with van der Waals surface area (Å²) in [6, 6.07) is 20.0. The van der Waals surface area contributed by atoms with Crippen LogP contribution in [-0.2, 0) is 0 Å². The Hall–Kier alpha value is -2.40. The van der Waals surface area contributed by atoms with Gasteiger partial charge < -0.3 is 10.6 Å². The first-order valence-electron chi connectivity index (χ1n) is 8.15. The maximum atomic E-state index is 4.69. The van der Waals surface area contributed by atoms with Crippen LogP contribution < -0.4 is 10.6 Å². The summed E-state index contributed by atoms with van der Waals surface area (Å²) in [5.74, 6) is 1.34. The van der Waals surface area contributed by atoms with Crippen LogP contribution in [0.3, 0.4) is 0 Å². The van der Waals surface area contributed by atoms with Gasteiger partial charge in [0, 0.05) is 21.6 Å². The number of hydrogen-bond acceptors (Lipinski definition) is 4. The third-order valence-electron chi connectivity index (χ3n) is 3.42. The van der Waals surface area contributed by atoms with Gasteiger partial charge in [-0.05, 0) is 48.8 Å². The van der Waals surface area contributed by atoms with Gasteiger partial charge in [0.2, 0.25) is 5.95 Å². The molecule has 0 saturated carbocycles. The topological polar surface area (TPSA) is 49.8 Å². The number of benzene rings is 2. The molecule has 1 heterocycles. The first kappa shape index (κ1) is 17.4. The number of nitrogens with one attached hydrogen (secondary N) is 2. The normalized spacial score (nSPS) is 11.2. The van der Waals surface area contributed by atoms with Crippen molar-refractivity contribution >= 4 is 33.4 Å². The number of rotatable bonds is 4. The molecule has 0 radical (unpaired) electrons. The molecular formula is C20H21BrN4. The van der Waals surface area contributed by atoms with E-state index >= 15 is 0 Å². The van der Waals surface area contributed by atoms with Crippen molar-refractivity contribution < 1.29 is 0 Å². The third kappa shape index (κ3) is 4.79. The van der Waals surface area contributed by atoms with E-state index in [1.807, 2.05) is 60.7 Å². The van der Waals surface area contributed by atoms with Crippen LogP contribution in [0.5, 0.6) is 0 Å². The molecule has 0 aliphatic heterocycles. The fourth-order valence-electron chi connectivity index (χ4n) is 2.39. The number of halogens is 1. The van der Waals surface area contributed by atoms with E-state index in [4.69, 9.17) is 0 Å². The van der Waals surface area contributed by atoms with E-state index in [0.29, 0.717) is 5.95 Å². The van der Waals surface area contributed by atoms with Gasteiger partial charge in [-0.2, -0.15) is 4.98 Å². The fourth-order valence-corrected chi connectivity index (χ4v) is 2.78. The zero-order valence-corrected chi connectivity index (χ0v) is 16.1. The summed E-state index contributed by atoms with van der Waals surface area (Å²) < 4.78 is 0.967. The summed E-state index contributed by atoms with van der Waals surface area (Å²) in [6.45, 7) is 6.33. The Bertz CT molecular complexity index is 857. The van der Waals surface area contributed by atoms with E-state index in [1.54, 1.807) is 0 Å². The Morgan fingerprint density at radius 1 is 0.880 bits per heavy atom. The number of aromatic nitrogens is 2. The van der Waals surface area contributed by atoms with Crippen LogP contribution in [-0.4, -0.2) is 15.5 Å². The highest BCUT2D eigenvalue weighted by Crippen LogP contribution is 2.27. The van der Waals surface area contributed by atoms with E-state index in [2.05, 4.69) is 57.3 Å². The lowest BCUT2D eigenvalue weighted by Crippen LogP contribution is -2.26. The van der Waals surface area contributed by atoms with Crippen molar-refractivity contribution in [2.75, 3.05) is 10.6 Å². The van der Waals surface area contributed by atoms with Crippen LogP contribution in [0.4, 0.5) is 17.5 Å². The van der Waals surface area contributed by atoms with Gasteiger partial charge in [0.05, 0.1) is 11.4 Å². The highest BCUT2D eigenvalue weighted by Gasteiger charge is 2.14. The smallest absolute Gasteiger partial charge is 0.229 e. The molecule has 0 aliphatic carbocycles. The predicted octanol–water partition coefficient (Wildman–Crippen LogP) is 5.86. The van der Waals surface area contributed by atoms with Crippen molar-refractivity contribution in [3.05, 3.63) is 65.1 Å². The number of nitrogens with zero attached hydrogens (tertiary/aromatic N) is 2. The van der Waals surface area contributed by atoms with Crippen LogP contribution in [0.25, 0.3) is 11.3 Å². The van der Waals surface area contributed by atoms with E-state index in [9.17, 15) is 0 Å². The molecule has 5 heteroatoms. The molecule has 0 fully saturated rings. The van der Waals surface area contributed by atoms with Crippen molar-refractivity contribution in [3.8, 4) is 11.3 Å². The molecule has 0 unspecified atom stereocenters. The Balaban J connectivity index is 2.02. The molecule has 0 saturated heterocycles. The maximum Gasteiger partial charge on any atom is 0.229 e. The van der Waals surface area contributed by atoms with E-state index in [-0.39, 0.29) is 5.54 Å². The Morgan fingerprint density at radius 2 is 1.56 bits per heavy atom. The molecule has 0 aliphatic rings. The highest BCUT2D eigenvalue weighted by molar-refractivity contribution is 9.10. The van der Waals surface area contributed by atoms with Crippen LogP contribution in [0.2, 0.25) is 0 Å². The van der Waals surface area contributed by atoms with Crippen molar-refractivity contribution in [1.29, 1.82) is 0 Å². The van der Waals surface area contributed by atoms with Gasteiger partial charge in [-0.15, -0.1) is 0 Å².